The number of hydrogen-bond acceptors (Lipinski definition) is 4. The molecule has 0 fully saturated rings. The van der Waals surface area contributed by atoms with Gasteiger partial charge in [0.05, 0.1) is 10.7 Å². The van der Waals surface area contributed by atoms with Gasteiger partial charge in [0.1, 0.15) is 5.01 Å². The minimum absolute atomic E-state index is 0.151. The Hall–Kier alpha value is -2.15. The van der Waals surface area contributed by atoms with E-state index >= 15 is 0 Å². The summed E-state index contributed by atoms with van der Waals surface area (Å²) < 4.78 is 0. The number of carbonyl (C=O) groups is 1. The van der Waals surface area contributed by atoms with Crippen LogP contribution in [0.25, 0.3) is 0 Å². The van der Waals surface area contributed by atoms with Crippen LogP contribution < -0.4 is 10.6 Å². The van der Waals surface area contributed by atoms with Gasteiger partial charge in [0, 0.05) is 10.9 Å². The second-order valence-electron chi connectivity index (χ2n) is 5.52. The van der Waals surface area contributed by atoms with Crippen LogP contribution in [0.5, 0.6) is 0 Å². The summed E-state index contributed by atoms with van der Waals surface area (Å²) in [7, 11) is 0. The Bertz CT molecular complexity index is 901. The van der Waals surface area contributed by atoms with Gasteiger partial charge in [-0.25, -0.2) is 4.79 Å². The molecule has 3 aromatic rings. The number of halogens is 2. The van der Waals surface area contributed by atoms with Crippen LogP contribution in [-0.2, 0) is 0 Å². The van der Waals surface area contributed by atoms with Gasteiger partial charge < -0.3 is 5.32 Å². The molecule has 1 heterocycles. The number of nitrogens with one attached hydrogen (secondary N) is 2. The summed E-state index contributed by atoms with van der Waals surface area (Å²) in [5.74, 6) is 0.151. The van der Waals surface area contributed by atoms with Crippen molar-refractivity contribution in [3.63, 3.8) is 0 Å². The van der Waals surface area contributed by atoms with Gasteiger partial charge in [-0.1, -0.05) is 71.8 Å². The molecule has 2 amide bonds. The zero-order chi connectivity index (χ0) is 18.5. The molecule has 3 rings (SSSR count). The minimum atomic E-state index is -0.440. The molecular weight excluding hydrogens is 391 g/mol. The van der Waals surface area contributed by atoms with Crippen LogP contribution in [0.15, 0.2) is 48.5 Å². The van der Waals surface area contributed by atoms with Gasteiger partial charge in [0.15, 0.2) is 0 Å². The molecule has 0 saturated carbocycles. The number of amides is 2. The monoisotopic (exact) mass is 406 g/mol. The fourth-order valence-corrected chi connectivity index (χ4v) is 3.91. The van der Waals surface area contributed by atoms with Gasteiger partial charge >= 0.3 is 6.03 Å². The molecule has 1 atom stereocenters. The zero-order valence-corrected chi connectivity index (χ0v) is 16.2. The van der Waals surface area contributed by atoms with Crippen molar-refractivity contribution >= 4 is 51.4 Å². The first-order chi connectivity index (χ1) is 12.6. The summed E-state index contributed by atoms with van der Waals surface area (Å²) in [6, 6.07) is 14.5. The van der Waals surface area contributed by atoms with Crippen molar-refractivity contribution in [2.45, 2.75) is 19.3 Å². The van der Waals surface area contributed by atoms with E-state index in [0.717, 1.165) is 11.4 Å². The number of urea groups is 1. The Labute approximate surface area is 165 Å². The lowest BCUT2D eigenvalue weighted by molar-refractivity contribution is 0.262. The Morgan fingerprint density at radius 1 is 1.12 bits per heavy atom. The number of benzene rings is 2. The van der Waals surface area contributed by atoms with E-state index in [-0.39, 0.29) is 5.92 Å². The molecule has 0 aliphatic rings. The summed E-state index contributed by atoms with van der Waals surface area (Å²) in [4.78, 5) is 12.2. The van der Waals surface area contributed by atoms with Crippen molar-refractivity contribution in [1.29, 1.82) is 0 Å². The van der Waals surface area contributed by atoms with E-state index in [0.29, 0.717) is 20.9 Å². The quantitative estimate of drug-likeness (QED) is 0.543. The second kappa shape index (κ2) is 8.49. The number of aromatic nitrogens is 2. The molecule has 134 valence electrons. The molecule has 2 N–H and O–H groups in total. The van der Waals surface area contributed by atoms with Gasteiger partial charge in [-0.3, -0.25) is 5.32 Å². The second-order valence-corrected chi connectivity index (χ2v) is 7.37. The van der Waals surface area contributed by atoms with E-state index in [1.54, 1.807) is 18.2 Å². The highest BCUT2D eigenvalue weighted by Crippen LogP contribution is 2.31. The third kappa shape index (κ3) is 4.52. The predicted octanol–water partition coefficient (Wildman–Crippen LogP) is 6.03. The standard InChI is InChI=1S/C18H16Cl2N4OS/c1-2-13(11-6-4-3-5-7-11)16-23-24-18(26-16)22-17(25)21-15-9-8-12(19)10-14(15)20/h3-10,13H,2H2,1H3,(H2,21,22,24,25). The minimum Gasteiger partial charge on any atom is -0.306 e. The summed E-state index contributed by atoms with van der Waals surface area (Å²) in [6.45, 7) is 2.10. The molecule has 0 aliphatic carbocycles. The molecule has 0 aliphatic heterocycles. The Balaban J connectivity index is 1.68. The lowest BCUT2D eigenvalue weighted by Crippen LogP contribution is -2.19. The van der Waals surface area contributed by atoms with Crippen molar-refractivity contribution in [1.82, 2.24) is 10.2 Å². The van der Waals surface area contributed by atoms with E-state index < -0.39 is 6.03 Å². The van der Waals surface area contributed by atoms with Crippen molar-refractivity contribution in [2.75, 3.05) is 10.6 Å². The molecule has 1 aromatic heterocycles. The van der Waals surface area contributed by atoms with E-state index in [4.69, 9.17) is 23.2 Å². The highest BCUT2D eigenvalue weighted by atomic mass is 35.5. The highest BCUT2D eigenvalue weighted by Gasteiger charge is 2.18. The number of rotatable bonds is 5. The van der Waals surface area contributed by atoms with Crippen LogP contribution in [0.1, 0.15) is 29.8 Å². The third-order valence-electron chi connectivity index (χ3n) is 3.75. The average Bonchev–Trinajstić information content (AvgIpc) is 3.07. The van der Waals surface area contributed by atoms with Gasteiger partial charge in [0.2, 0.25) is 5.13 Å². The number of nitrogens with zero attached hydrogens (tertiary/aromatic N) is 2. The van der Waals surface area contributed by atoms with E-state index in [1.807, 2.05) is 18.2 Å². The topological polar surface area (TPSA) is 66.9 Å². The first kappa shape index (κ1) is 18.6. The normalized spacial score (nSPS) is 11.8. The van der Waals surface area contributed by atoms with E-state index in [1.165, 1.54) is 16.9 Å². The van der Waals surface area contributed by atoms with E-state index in [9.17, 15) is 4.79 Å². The van der Waals surface area contributed by atoms with Crippen LogP contribution in [0.2, 0.25) is 10.0 Å². The summed E-state index contributed by atoms with van der Waals surface area (Å²) in [5, 5.41) is 15.8. The molecule has 5 nitrogen and oxygen atoms in total. The van der Waals surface area contributed by atoms with Gasteiger partial charge in [-0.2, -0.15) is 0 Å². The summed E-state index contributed by atoms with van der Waals surface area (Å²) in [5.41, 5.74) is 1.64. The fourth-order valence-electron chi connectivity index (χ4n) is 2.51. The Morgan fingerprint density at radius 2 is 1.88 bits per heavy atom. The van der Waals surface area contributed by atoms with Crippen LogP contribution in [0.3, 0.4) is 0 Å². The molecule has 0 radical (unpaired) electrons. The maximum Gasteiger partial charge on any atom is 0.325 e. The molecule has 0 saturated heterocycles. The summed E-state index contributed by atoms with van der Waals surface area (Å²) >= 11 is 13.3. The predicted molar refractivity (Wildman–Crippen MR) is 108 cm³/mol. The maximum absolute atomic E-state index is 12.2. The summed E-state index contributed by atoms with van der Waals surface area (Å²) in [6.07, 6.45) is 0.894. The van der Waals surface area contributed by atoms with E-state index in [2.05, 4.69) is 39.9 Å². The van der Waals surface area contributed by atoms with Gasteiger partial charge in [0.25, 0.3) is 0 Å². The molecule has 0 spiro atoms. The lowest BCUT2D eigenvalue weighted by atomic mass is 9.97. The number of carbonyl (C=O) groups excluding carboxylic acids is 1. The SMILES string of the molecule is CCC(c1ccccc1)c1nnc(NC(=O)Nc2ccc(Cl)cc2Cl)s1. The number of anilines is 2. The molecular formula is C18H16Cl2N4OS. The Kier molecular flexibility index (Phi) is 6.08. The number of hydrogen-bond donors (Lipinski definition) is 2. The maximum atomic E-state index is 12.2. The first-order valence-electron chi connectivity index (χ1n) is 7.98. The largest absolute Gasteiger partial charge is 0.325 e. The molecule has 1 unspecified atom stereocenters. The van der Waals surface area contributed by atoms with Crippen molar-refractivity contribution in [3.8, 4) is 0 Å². The van der Waals surface area contributed by atoms with Crippen molar-refractivity contribution in [2.24, 2.45) is 0 Å². The van der Waals surface area contributed by atoms with Crippen molar-refractivity contribution in [3.05, 3.63) is 69.1 Å². The molecule has 2 aromatic carbocycles. The smallest absolute Gasteiger partial charge is 0.306 e. The lowest BCUT2D eigenvalue weighted by Gasteiger charge is -2.11. The van der Waals surface area contributed by atoms with Crippen LogP contribution in [-0.4, -0.2) is 16.2 Å². The zero-order valence-electron chi connectivity index (χ0n) is 13.9. The fraction of sp³-hybridized carbons (Fsp3) is 0.167. The van der Waals surface area contributed by atoms with Gasteiger partial charge in [-0.05, 0) is 30.2 Å². The van der Waals surface area contributed by atoms with Crippen LogP contribution in [0.4, 0.5) is 15.6 Å². The van der Waals surface area contributed by atoms with Crippen LogP contribution >= 0.6 is 34.5 Å². The average molecular weight is 407 g/mol. The highest BCUT2D eigenvalue weighted by molar-refractivity contribution is 7.15. The third-order valence-corrected chi connectivity index (χ3v) is 5.25. The first-order valence-corrected chi connectivity index (χ1v) is 9.55. The molecule has 8 heteroatoms. The molecule has 26 heavy (non-hydrogen) atoms. The van der Waals surface area contributed by atoms with Crippen LogP contribution in [0, 0.1) is 0 Å². The van der Waals surface area contributed by atoms with Gasteiger partial charge in [-0.15, -0.1) is 10.2 Å². The Morgan fingerprint density at radius 3 is 2.58 bits per heavy atom. The van der Waals surface area contributed by atoms with Crippen molar-refractivity contribution < 1.29 is 4.79 Å². The molecule has 0 bridgehead atoms.